The molecule has 0 atom stereocenters. The molecule has 0 aromatic carbocycles. The van der Waals surface area contributed by atoms with Crippen LogP contribution in [-0.2, 0) is 0 Å². The molecule has 0 aromatic heterocycles. The van der Waals surface area contributed by atoms with Crippen LogP contribution in [0.1, 0.15) is 54.4 Å². The van der Waals surface area contributed by atoms with Crippen molar-refractivity contribution in [2.75, 3.05) is 0 Å². The van der Waals surface area contributed by atoms with Crippen LogP contribution < -0.4 is 5.32 Å². The molecule has 0 rings (SSSR count). The monoisotopic (exact) mass is 210 g/mol. The van der Waals surface area contributed by atoms with Gasteiger partial charge in [-0.05, 0) is 46.6 Å². The molecule has 0 spiro atoms. The van der Waals surface area contributed by atoms with Crippen molar-refractivity contribution in [3.8, 4) is 0 Å². The minimum atomic E-state index is 0.383. The van der Waals surface area contributed by atoms with Gasteiger partial charge in [-0.2, -0.15) is 0 Å². The molecule has 2 nitrogen and oxygen atoms in total. The largest absolute Gasteiger partial charge is 0.386 e. The maximum Gasteiger partial charge on any atom is 0.0446 e. The third-order valence-electron chi connectivity index (χ3n) is 1.98. The predicted octanol–water partition coefficient (Wildman–Crippen LogP) is 3.54. The third kappa shape index (κ3) is 7.18. The fourth-order valence-electron chi connectivity index (χ4n) is 1.38. The highest BCUT2D eigenvalue weighted by molar-refractivity contribution is 5.95. The summed E-state index contributed by atoms with van der Waals surface area (Å²) in [5, 5.41) is 3.45. The zero-order valence-corrected chi connectivity index (χ0v) is 11.1. The molecular weight excluding hydrogens is 184 g/mol. The smallest absolute Gasteiger partial charge is 0.0446 e. The van der Waals surface area contributed by atoms with Crippen LogP contribution in [0.3, 0.4) is 0 Å². The molecule has 0 saturated heterocycles. The van der Waals surface area contributed by atoms with Crippen molar-refractivity contribution < 1.29 is 0 Å². The van der Waals surface area contributed by atoms with E-state index in [1.165, 1.54) is 11.4 Å². The quantitative estimate of drug-likeness (QED) is 0.666. The Labute approximate surface area is 94.9 Å². The van der Waals surface area contributed by atoms with E-state index in [1.807, 2.05) is 0 Å². The van der Waals surface area contributed by atoms with E-state index < -0.39 is 0 Å². The van der Waals surface area contributed by atoms with E-state index in [0.717, 1.165) is 12.8 Å². The summed E-state index contributed by atoms with van der Waals surface area (Å²) in [5.74, 6) is 0. The van der Waals surface area contributed by atoms with Crippen molar-refractivity contribution in [3.05, 3.63) is 11.8 Å². The zero-order valence-electron chi connectivity index (χ0n) is 11.1. The highest BCUT2D eigenvalue weighted by atomic mass is 14.9. The molecule has 0 bridgehead atoms. The summed E-state index contributed by atoms with van der Waals surface area (Å²) in [6.45, 7) is 12.9. The Bertz CT molecular complexity index is 225. The summed E-state index contributed by atoms with van der Waals surface area (Å²) < 4.78 is 0. The molecule has 0 saturated carbocycles. The van der Waals surface area contributed by atoms with E-state index in [2.05, 4.69) is 57.9 Å². The van der Waals surface area contributed by atoms with Gasteiger partial charge in [-0.15, -0.1) is 0 Å². The van der Waals surface area contributed by atoms with Gasteiger partial charge in [-0.3, -0.25) is 4.99 Å². The Balaban J connectivity index is 4.62. The van der Waals surface area contributed by atoms with Crippen LogP contribution in [0.2, 0.25) is 0 Å². The van der Waals surface area contributed by atoms with Crippen LogP contribution >= 0.6 is 0 Å². The molecular formula is C13H26N2. The average molecular weight is 210 g/mol. The molecule has 0 heterocycles. The minimum Gasteiger partial charge on any atom is -0.386 e. The Morgan fingerprint density at radius 1 is 1.13 bits per heavy atom. The number of hydrogen-bond acceptors (Lipinski definition) is 2. The Kier molecular flexibility index (Phi) is 7.10. The number of rotatable bonds is 6. The third-order valence-corrected chi connectivity index (χ3v) is 1.98. The molecule has 1 N–H and O–H groups in total. The summed E-state index contributed by atoms with van der Waals surface area (Å²) in [6.07, 6.45) is 4.23. The summed E-state index contributed by atoms with van der Waals surface area (Å²) in [5.41, 5.74) is 2.47. The fourth-order valence-corrected chi connectivity index (χ4v) is 1.38. The normalized spacial score (nSPS) is 13.9. The van der Waals surface area contributed by atoms with E-state index >= 15 is 0 Å². The maximum absolute atomic E-state index is 4.59. The van der Waals surface area contributed by atoms with E-state index in [-0.39, 0.29) is 0 Å². The lowest BCUT2D eigenvalue weighted by Gasteiger charge is -2.13. The van der Waals surface area contributed by atoms with Gasteiger partial charge in [0.2, 0.25) is 0 Å². The van der Waals surface area contributed by atoms with Crippen LogP contribution in [0, 0.1) is 0 Å². The molecule has 0 aromatic rings. The second kappa shape index (κ2) is 7.49. The first-order chi connectivity index (χ1) is 6.99. The van der Waals surface area contributed by atoms with Gasteiger partial charge in [0, 0.05) is 23.5 Å². The molecule has 15 heavy (non-hydrogen) atoms. The number of hydrogen-bond donors (Lipinski definition) is 1. The summed E-state index contributed by atoms with van der Waals surface area (Å²) in [4.78, 5) is 4.59. The predicted molar refractivity (Wildman–Crippen MR) is 69.5 cm³/mol. The van der Waals surface area contributed by atoms with Crippen LogP contribution in [0.15, 0.2) is 16.8 Å². The van der Waals surface area contributed by atoms with Crippen molar-refractivity contribution in [1.82, 2.24) is 5.32 Å². The topological polar surface area (TPSA) is 24.4 Å². The molecule has 0 aliphatic carbocycles. The lowest BCUT2D eigenvalue weighted by Crippen LogP contribution is -2.22. The Morgan fingerprint density at radius 3 is 2.07 bits per heavy atom. The molecule has 0 amide bonds. The highest BCUT2D eigenvalue weighted by Gasteiger charge is 2.00. The molecule has 0 fully saturated rings. The van der Waals surface area contributed by atoms with E-state index in [1.54, 1.807) is 0 Å². The molecule has 0 unspecified atom stereocenters. The van der Waals surface area contributed by atoms with Crippen LogP contribution in [-0.4, -0.2) is 17.8 Å². The van der Waals surface area contributed by atoms with Crippen molar-refractivity contribution in [1.29, 1.82) is 0 Å². The second-order valence-electron chi connectivity index (χ2n) is 4.39. The molecule has 0 aliphatic rings. The standard InChI is InChI=1S/C13H26N2/c1-7-12(14-10(3)4)9-13(8-2)15-11(5)6/h9-11,14H,7-8H2,1-6H3/b12-9-,15-13?. The zero-order chi connectivity index (χ0) is 11.8. The van der Waals surface area contributed by atoms with Gasteiger partial charge < -0.3 is 5.32 Å². The van der Waals surface area contributed by atoms with Crippen molar-refractivity contribution in [2.45, 2.75) is 66.5 Å². The van der Waals surface area contributed by atoms with Crippen LogP contribution in [0.5, 0.6) is 0 Å². The van der Waals surface area contributed by atoms with Gasteiger partial charge in [0.1, 0.15) is 0 Å². The minimum absolute atomic E-state index is 0.383. The number of nitrogens with one attached hydrogen (secondary N) is 1. The van der Waals surface area contributed by atoms with Crippen molar-refractivity contribution in [3.63, 3.8) is 0 Å². The lowest BCUT2D eigenvalue weighted by molar-refractivity contribution is 0.651. The average Bonchev–Trinajstić information content (AvgIpc) is 2.14. The SMILES string of the molecule is CCC(/C=C(/CC)NC(C)C)=NC(C)C. The maximum atomic E-state index is 4.59. The van der Waals surface area contributed by atoms with E-state index in [9.17, 15) is 0 Å². The number of aliphatic imine (C=N–C) groups is 1. The van der Waals surface area contributed by atoms with Crippen LogP contribution in [0.4, 0.5) is 0 Å². The summed E-state index contributed by atoms with van der Waals surface area (Å²) in [6, 6.07) is 0.877. The van der Waals surface area contributed by atoms with E-state index in [4.69, 9.17) is 0 Å². The van der Waals surface area contributed by atoms with Gasteiger partial charge in [0.05, 0.1) is 0 Å². The summed E-state index contributed by atoms with van der Waals surface area (Å²) >= 11 is 0. The molecule has 88 valence electrons. The van der Waals surface area contributed by atoms with Crippen molar-refractivity contribution in [2.24, 2.45) is 4.99 Å². The number of nitrogens with zero attached hydrogens (tertiary/aromatic N) is 1. The number of allylic oxidation sites excluding steroid dienone is 2. The van der Waals surface area contributed by atoms with Crippen LogP contribution in [0.25, 0.3) is 0 Å². The molecule has 0 aliphatic heterocycles. The Morgan fingerprint density at radius 2 is 1.73 bits per heavy atom. The second-order valence-corrected chi connectivity index (χ2v) is 4.39. The fraction of sp³-hybridized carbons (Fsp3) is 0.769. The lowest BCUT2D eigenvalue weighted by atomic mass is 10.2. The van der Waals surface area contributed by atoms with Gasteiger partial charge in [0.25, 0.3) is 0 Å². The van der Waals surface area contributed by atoms with Gasteiger partial charge in [0.15, 0.2) is 0 Å². The van der Waals surface area contributed by atoms with Gasteiger partial charge in [-0.1, -0.05) is 13.8 Å². The Hall–Kier alpha value is -0.790. The highest BCUT2D eigenvalue weighted by Crippen LogP contribution is 2.02. The van der Waals surface area contributed by atoms with E-state index in [0.29, 0.717) is 12.1 Å². The molecule has 0 radical (unpaired) electrons. The van der Waals surface area contributed by atoms with Gasteiger partial charge >= 0.3 is 0 Å². The summed E-state index contributed by atoms with van der Waals surface area (Å²) in [7, 11) is 0. The van der Waals surface area contributed by atoms with Crippen molar-refractivity contribution >= 4 is 5.71 Å². The van der Waals surface area contributed by atoms with Gasteiger partial charge in [-0.25, -0.2) is 0 Å². The first-order valence-corrected chi connectivity index (χ1v) is 6.03. The first-order valence-electron chi connectivity index (χ1n) is 6.03. The molecule has 2 heteroatoms. The first kappa shape index (κ1) is 14.2.